The van der Waals surface area contributed by atoms with Gasteiger partial charge in [-0.1, -0.05) is 61.9 Å². The van der Waals surface area contributed by atoms with Gasteiger partial charge >= 0.3 is 0 Å². The SMILES string of the molecule is CC1=CC(c2c(O)ccc(C(=O)C=Cc3ccc(O)cc3)c2O)C(C(=O)c2ccc(O)c(C=CC(C)C)c2O)C(c2ccc(O)cc2O)C1. The zero-order chi connectivity index (χ0) is 35.6. The monoisotopic (exact) mass is 662 g/mol. The number of allylic oxidation sites excluding steroid dienone is 4. The number of hydrogen-bond donors (Lipinski definition) is 7. The summed E-state index contributed by atoms with van der Waals surface area (Å²) in [5.74, 6) is -6.14. The fraction of sp³-hybridized carbons (Fsp3) is 0.200. The molecule has 4 aromatic carbocycles. The summed E-state index contributed by atoms with van der Waals surface area (Å²) in [6, 6.07) is 15.3. The summed E-state index contributed by atoms with van der Waals surface area (Å²) in [5.41, 5.74) is 1.37. The smallest absolute Gasteiger partial charge is 0.189 e. The Labute approximate surface area is 283 Å². The van der Waals surface area contributed by atoms with Gasteiger partial charge in [0.2, 0.25) is 0 Å². The molecule has 4 aromatic rings. The Hall–Kier alpha value is -5.96. The van der Waals surface area contributed by atoms with Crippen LogP contribution in [0.3, 0.4) is 0 Å². The molecule has 0 saturated heterocycles. The first kappa shape index (κ1) is 34.4. The highest BCUT2D eigenvalue weighted by Gasteiger charge is 2.43. The molecule has 9 nitrogen and oxygen atoms in total. The Morgan fingerprint density at radius 3 is 2.06 bits per heavy atom. The molecule has 0 saturated carbocycles. The summed E-state index contributed by atoms with van der Waals surface area (Å²) < 4.78 is 0. The van der Waals surface area contributed by atoms with E-state index in [9.17, 15) is 45.3 Å². The fourth-order valence-electron chi connectivity index (χ4n) is 6.36. The lowest BCUT2D eigenvalue weighted by Crippen LogP contribution is -2.32. The van der Waals surface area contributed by atoms with E-state index in [1.54, 1.807) is 31.2 Å². The molecule has 3 atom stereocenters. The number of aromatic hydroxyl groups is 7. The molecule has 0 spiro atoms. The average Bonchev–Trinajstić information content (AvgIpc) is 3.04. The number of phenolic OH excluding ortho intramolecular Hbond substituents is 7. The molecule has 7 N–H and O–H groups in total. The van der Waals surface area contributed by atoms with Crippen molar-refractivity contribution in [3.8, 4) is 40.2 Å². The molecule has 1 aliphatic rings. The van der Waals surface area contributed by atoms with Gasteiger partial charge in [-0.25, -0.2) is 0 Å². The van der Waals surface area contributed by atoms with Crippen LogP contribution in [0.4, 0.5) is 0 Å². The number of hydrogen-bond acceptors (Lipinski definition) is 9. The fourth-order valence-corrected chi connectivity index (χ4v) is 6.36. The third-order valence-corrected chi connectivity index (χ3v) is 8.76. The van der Waals surface area contributed by atoms with Gasteiger partial charge in [-0.3, -0.25) is 9.59 Å². The summed E-state index contributed by atoms with van der Waals surface area (Å²) in [7, 11) is 0. The maximum absolute atomic E-state index is 14.7. The summed E-state index contributed by atoms with van der Waals surface area (Å²) in [5, 5.41) is 75.3. The van der Waals surface area contributed by atoms with Gasteiger partial charge < -0.3 is 35.7 Å². The van der Waals surface area contributed by atoms with Crippen LogP contribution in [0, 0.1) is 11.8 Å². The molecular weight excluding hydrogens is 624 g/mol. The van der Waals surface area contributed by atoms with E-state index in [-0.39, 0.29) is 63.3 Å². The van der Waals surface area contributed by atoms with Gasteiger partial charge in [0.15, 0.2) is 11.6 Å². The van der Waals surface area contributed by atoms with Crippen LogP contribution in [0.1, 0.15) is 82.0 Å². The molecule has 0 radical (unpaired) electrons. The first-order chi connectivity index (χ1) is 23.3. The highest BCUT2D eigenvalue weighted by atomic mass is 16.3. The first-order valence-electron chi connectivity index (χ1n) is 15.8. The van der Waals surface area contributed by atoms with Crippen molar-refractivity contribution in [2.75, 3.05) is 0 Å². The summed E-state index contributed by atoms with van der Waals surface area (Å²) >= 11 is 0. The van der Waals surface area contributed by atoms with Gasteiger partial charge in [0, 0.05) is 29.4 Å². The number of carbonyl (C=O) groups excluding carboxylic acids is 2. The normalized spacial score (nSPS) is 17.9. The maximum Gasteiger partial charge on any atom is 0.189 e. The van der Waals surface area contributed by atoms with Crippen LogP contribution < -0.4 is 0 Å². The third kappa shape index (κ3) is 7.16. The molecule has 1 aliphatic carbocycles. The van der Waals surface area contributed by atoms with Crippen LogP contribution in [0.5, 0.6) is 40.2 Å². The second-order valence-electron chi connectivity index (χ2n) is 12.7. The topological polar surface area (TPSA) is 176 Å². The molecule has 252 valence electrons. The van der Waals surface area contributed by atoms with Crippen molar-refractivity contribution in [3.05, 3.63) is 124 Å². The predicted octanol–water partition coefficient (Wildman–Crippen LogP) is 7.91. The molecule has 5 rings (SSSR count). The summed E-state index contributed by atoms with van der Waals surface area (Å²) in [6.45, 7) is 5.63. The van der Waals surface area contributed by atoms with Crippen molar-refractivity contribution in [3.63, 3.8) is 0 Å². The van der Waals surface area contributed by atoms with Gasteiger partial charge in [-0.05, 0) is 78.9 Å². The molecular formula is C40H38O9. The lowest BCUT2D eigenvalue weighted by molar-refractivity contribution is 0.0876. The van der Waals surface area contributed by atoms with Gasteiger partial charge in [0.25, 0.3) is 0 Å². The van der Waals surface area contributed by atoms with E-state index in [4.69, 9.17) is 0 Å². The van der Waals surface area contributed by atoms with Crippen molar-refractivity contribution >= 4 is 23.7 Å². The second kappa shape index (κ2) is 14.0. The quantitative estimate of drug-likeness (QED) is 0.0533. The standard InChI is InChI=1S/C40H38O9/c1-21(2)4-11-27-33(44)16-14-29(38(27)47)40(49)36-30(26-12-10-25(42)20-35(26)46)18-22(3)19-31(36)37-34(45)17-13-28(39(37)48)32(43)15-7-23-5-8-24(41)9-6-23/h4-17,19-21,30-31,36,41-42,44-48H,18H2,1-3H3. The van der Waals surface area contributed by atoms with Crippen LogP contribution in [-0.4, -0.2) is 47.3 Å². The van der Waals surface area contributed by atoms with E-state index in [0.29, 0.717) is 11.1 Å². The number of carbonyl (C=O) groups is 2. The highest BCUT2D eigenvalue weighted by Crippen LogP contribution is 2.53. The van der Waals surface area contributed by atoms with Crippen molar-refractivity contribution in [2.45, 2.75) is 39.0 Å². The molecule has 0 bridgehead atoms. The van der Waals surface area contributed by atoms with Crippen molar-refractivity contribution in [2.24, 2.45) is 11.8 Å². The van der Waals surface area contributed by atoms with Gasteiger partial charge in [-0.2, -0.15) is 0 Å². The molecule has 0 aromatic heterocycles. The van der Waals surface area contributed by atoms with E-state index in [1.165, 1.54) is 66.8 Å². The Kier molecular flexibility index (Phi) is 9.84. The lowest BCUT2D eigenvalue weighted by Gasteiger charge is -2.37. The largest absolute Gasteiger partial charge is 0.508 e. The Balaban J connectivity index is 1.68. The number of Topliss-reactive ketones (excluding diaryl/α,β-unsaturated/α-hetero) is 1. The number of rotatable bonds is 9. The molecule has 0 heterocycles. The Bertz CT molecular complexity index is 2000. The van der Waals surface area contributed by atoms with Crippen molar-refractivity contribution < 1.29 is 45.3 Å². The maximum atomic E-state index is 14.7. The summed E-state index contributed by atoms with van der Waals surface area (Å²) in [6.07, 6.45) is 8.00. The Morgan fingerprint density at radius 1 is 0.735 bits per heavy atom. The van der Waals surface area contributed by atoms with Gasteiger partial charge in [0.05, 0.1) is 16.7 Å². The molecule has 3 unspecified atom stereocenters. The Morgan fingerprint density at radius 2 is 1.39 bits per heavy atom. The van der Waals surface area contributed by atoms with Crippen LogP contribution in [0.2, 0.25) is 0 Å². The number of phenols is 7. The predicted molar refractivity (Wildman–Crippen MR) is 186 cm³/mol. The molecule has 0 aliphatic heterocycles. The van der Waals surface area contributed by atoms with Gasteiger partial charge in [0.1, 0.15) is 40.2 Å². The zero-order valence-corrected chi connectivity index (χ0v) is 27.2. The molecule has 49 heavy (non-hydrogen) atoms. The van der Waals surface area contributed by atoms with Crippen LogP contribution in [0.25, 0.3) is 12.2 Å². The highest BCUT2D eigenvalue weighted by molar-refractivity contribution is 6.09. The minimum Gasteiger partial charge on any atom is -0.508 e. The molecule has 0 amide bonds. The van der Waals surface area contributed by atoms with Crippen LogP contribution >= 0.6 is 0 Å². The number of ketones is 2. The zero-order valence-electron chi connectivity index (χ0n) is 27.2. The lowest BCUT2D eigenvalue weighted by atomic mass is 9.65. The molecule has 0 fully saturated rings. The van der Waals surface area contributed by atoms with Crippen molar-refractivity contribution in [1.82, 2.24) is 0 Å². The van der Waals surface area contributed by atoms with E-state index >= 15 is 0 Å². The molecule has 9 heteroatoms. The van der Waals surface area contributed by atoms with E-state index in [2.05, 4.69) is 0 Å². The summed E-state index contributed by atoms with van der Waals surface area (Å²) in [4.78, 5) is 28.1. The first-order valence-corrected chi connectivity index (χ1v) is 15.8. The van der Waals surface area contributed by atoms with Crippen LogP contribution in [0.15, 0.2) is 90.5 Å². The second-order valence-corrected chi connectivity index (χ2v) is 12.7. The van der Waals surface area contributed by atoms with Crippen molar-refractivity contribution in [1.29, 1.82) is 0 Å². The average molecular weight is 663 g/mol. The number of benzene rings is 4. The third-order valence-electron chi connectivity index (χ3n) is 8.76. The van der Waals surface area contributed by atoms with E-state index in [0.717, 1.165) is 11.6 Å². The van der Waals surface area contributed by atoms with E-state index < -0.39 is 40.8 Å². The van der Waals surface area contributed by atoms with Crippen LogP contribution in [-0.2, 0) is 0 Å². The minimum atomic E-state index is -1.16. The van der Waals surface area contributed by atoms with Gasteiger partial charge in [-0.15, -0.1) is 0 Å². The minimum absolute atomic E-state index is 0.0429. The van der Waals surface area contributed by atoms with E-state index in [1.807, 2.05) is 13.8 Å².